The maximum atomic E-state index is 12.5. The molecule has 2 rings (SSSR count). The molecule has 0 saturated carbocycles. The first-order chi connectivity index (χ1) is 11.3. The molecule has 0 unspecified atom stereocenters. The highest BCUT2D eigenvalue weighted by Gasteiger charge is 2.37. The number of nitrogens with zero attached hydrogens (tertiary/aromatic N) is 2. The zero-order chi connectivity index (χ0) is 17.9. The van der Waals surface area contributed by atoms with Crippen molar-refractivity contribution in [1.29, 1.82) is 0 Å². The molecule has 2 amide bonds. The van der Waals surface area contributed by atoms with Gasteiger partial charge in [-0.05, 0) is 38.0 Å². The van der Waals surface area contributed by atoms with Crippen molar-refractivity contribution in [3.05, 3.63) is 45.0 Å². The van der Waals surface area contributed by atoms with Crippen LogP contribution in [0.1, 0.15) is 25.8 Å². The fraction of sp³-hybridized carbons (Fsp3) is 0.375. The minimum atomic E-state index is -0.556. The maximum Gasteiger partial charge on any atom is 0.273 e. The molecule has 0 radical (unpaired) electrons. The number of hydrogen-bond donors (Lipinski definition) is 0. The van der Waals surface area contributed by atoms with Crippen molar-refractivity contribution < 1.29 is 19.2 Å². The molecular weight excluding hydrogens is 336 g/mol. The van der Waals surface area contributed by atoms with Gasteiger partial charge in [-0.1, -0.05) is 11.6 Å². The largest absolute Gasteiger partial charge is 0.379 e. The second-order valence-corrected chi connectivity index (χ2v) is 5.91. The summed E-state index contributed by atoms with van der Waals surface area (Å²) in [7, 11) is 0. The van der Waals surface area contributed by atoms with E-state index in [2.05, 4.69) is 0 Å². The predicted molar refractivity (Wildman–Crippen MR) is 88.3 cm³/mol. The number of halogens is 1. The molecule has 0 fully saturated rings. The standard InChI is InChI=1S/C16H17ClN2O5/c1-10(2)24-9-3-8-18-15(20)13(14(17)16(18)21)11-4-6-12(7-5-11)19(22)23/h4-7,10H,3,8-9H2,1-2H3. The van der Waals surface area contributed by atoms with E-state index in [1.165, 1.54) is 24.3 Å². The minimum Gasteiger partial charge on any atom is -0.379 e. The first-order valence-corrected chi connectivity index (χ1v) is 7.83. The van der Waals surface area contributed by atoms with Crippen molar-refractivity contribution in [2.24, 2.45) is 0 Å². The van der Waals surface area contributed by atoms with Crippen molar-refractivity contribution in [3.63, 3.8) is 0 Å². The first-order valence-electron chi connectivity index (χ1n) is 7.45. The summed E-state index contributed by atoms with van der Waals surface area (Å²) in [4.78, 5) is 35.9. The fourth-order valence-electron chi connectivity index (χ4n) is 2.29. The van der Waals surface area contributed by atoms with Crippen LogP contribution in [0.4, 0.5) is 5.69 Å². The van der Waals surface area contributed by atoms with Crippen LogP contribution in [-0.2, 0) is 14.3 Å². The lowest BCUT2D eigenvalue weighted by Gasteiger charge is -2.15. The zero-order valence-corrected chi connectivity index (χ0v) is 14.1. The predicted octanol–water partition coefficient (Wildman–Crippen LogP) is 2.73. The topological polar surface area (TPSA) is 89.8 Å². The summed E-state index contributed by atoms with van der Waals surface area (Å²) in [6.45, 7) is 4.44. The summed E-state index contributed by atoms with van der Waals surface area (Å²) in [6.07, 6.45) is 0.584. The monoisotopic (exact) mass is 352 g/mol. The molecule has 1 heterocycles. The van der Waals surface area contributed by atoms with Gasteiger partial charge in [0.2, 0.25) is 0 Å². The van der Waals surface area contributed by atoms with Gasteiger partial charge < -0.3 is 4.74 Å². The highest BCUT2D eigenvalue weighted by molar-refractivity contribution is 6.55. The third-order valence-corrected chi connectivity index (χ3v) is 3.81. The SMILES string of the molecule is CC(C)OCCCN1C(=O)C(Cl)=C(c2ccc([N+](=O)[O-])cc2)C1=O. The summed E-state index contributed by atoms with van der Waals surface area (Å²) >= 11 is 6.02. The molecule has 24 heavy (non-hydrogen) atoms. The number of ether oxygens (including phenoxy) is 1. The number of imide groups is 1. The lowest BCUT2D eigenvalue weighted by Crippen LogP contribution is -2.33. The van der Waals surface area contributed by atoms with E-state index >= 15 is 0 Å². The average Bonchev–Trinajstić information content (AvgIpc) is 2.74. The number of non-ortho nitro benzene ring substituents is 1. The molecule has 0 saturated heterocycles. The molecule has 1 aromatic rings. The normalized spacial score (nSPS) is 14.9. The molecule has 0 atom stereocenters. The average molecular weight is 353 g/mol. The van der Waals surface area contributed by atoms with Crippen LogP contribution < -0.4 is 0 Å². The molecule has 0 bridgehead atoms. The number of carbonyl (C=O) groups is 2. The van der Waals surface area contributed by atoms with E-state index in [4.69, 9.17) is 16.3 Å². The third kappa shape index (κ3) is 3.80. The first kappa shape index (κ1) is 18.1. The van der Waals surface area contributed by atoms with E-state index in [0.29, 0.717) is 18.6 Å². The van der Waals surface area contributed by atoms with Crippen LogP contribution >= 0.6 is 11.6 Å². The molecule has 1 aliphatic rings. The van der Waals surface area contributed by atoms with Gasteiger partial charge in [0.15, 0.2) is 0 Å². The Labute approximate surface area is 144 Å². The summed E-state index contributed by atoms with van der Waals surface area (Å²) in [5.41, 5.74) is 0.348. The maximum absolute atomic E-state index is 12.5. The molecule has 1 aliphatic heterocycles. The second kappa shape index (κ2) is 7.55. The molecular formula is C16H17ClN2O5. The van der Waals surface area contributed by atoms with Gasteiger partial charge in [0.05, 0.1) is 16.6 Å². The van der Waals surface area contributed by atoms with E-state index in [9.17, 15) is 19.7 Å². The highest BCUT2D eigenvalue weighted by atomic mass is 35.5. The van der Waals surface area contributed by atoms with Crippen molar-refractivity contribution >= 4 is 34.7 Å². The lowest BCUT2D eigenvalue weighted by molar-refractivity contribution is -0.384. The summed E-state index contributed by atoms with van der Waals surface area (Å²) in [5.74, 6) is -1.05. The number of nitro benzene ring substituents is 1. The van der Waals surface area contributed by atoms with Gasteiger partial charge in [-0.2, -0.15) is 0 Å². The molecule has 0 aromatic heterocycles. The van der Waals surface area contributed by atoms with Gasteiger partial charge >= 0.3 is 0 Å². The number of hydrogen-bond acceptors (Lipinski definition) is 5. The van der Waals surface area contributed by atoms with Crippen LogP contribution in [-0.4, -0.2) is 40.9 Å². The number of amides is 2. The number of carbonyl (C=O) groups excluding carboxylic acids is 2. The van der Waals surface area contributed by atoms with Crippen LogP contribution in [0.5, 0.6) is 0 Å². The Morgan fingerprint density at radius 2 is 1.83 bits per heavy atom. The number of rotatable bonds is 7. The summed E-state index contributed by atoms with van der Waals surface area (Å²) in [5, 5.41) is 10.5. The van der Waals surface area contributed by atoms with Gasteiger partial charge in [0, 0.05) is 25.3 Å². The molecule has 0 aliphatic carbocycles. The molecule has 1 aromatic carbocycles. The second-order valence-electron chi connectivity index (χ2n) is 5.53. The number of benzene rings is 1. The van der Waals surface area contributed by atoms with Gasteiger partial charge in [0.1, 0.15) is 5.03 Å². The Kier molecular flexibility index (Phi) is 5.69. The quantitative estimate of drug-likeness (QED) is 0.326. The van der Waals surface area contributed by atoms with Crippen LogP contribution in [0.3, 0.4) is 0 Å². The van der Waals surface area contributed by atoms with Crippen LogP contribution in [0.2, 0.25) is 0 Å². The van der Waals surface area contributed by atoms with Gasteiger partial charge in [-0.3, -0.25) is 24.6 Å². The van der Waals surface area contributed by atoms with E-state index in [0.717, 1.165) is 4.90 Å². The zero-order valence-electron chi connectivity index (χ0n) is 13.3. The van der Waals surface area contributed by atoms with Crippen LogP contribution in [0, 0.1) is 10.1 Å². The Balaban J connectivity index is 2.12. The van der Waals surface area contributed by atoms with Gasteiger partial charge in [-0.15, -0.1) is 0 Å². The van der Waals surface area contributed by atoms with Crippen LogP contribution in [0.25, 0.3) is 5.57 Å². The molecule has 0 spiro atoms. The fourth-order valence-corrected chi connectivity index (χ4v) is 2.58. The summed E-state index contributed by atoms with van der Waals surface area (Å²) in [6, 6.07) is 5.35. The molecule has 8 heteroatoms. The molecule has 7 nitrogen and oxygen atoms in total. The highest BCUT2D eigenvalue weighted by Crippen LogP contribution is 2.32. The smallest absolute Gasteiger partial charge is 0.273 e. The van der Waals surface area contributed by atoms with E-state index in [1.807, 2.05) is 13.8 Å². The van der Waals surface area contributed by atoms with Crippen molar-refractivity contribution in [1.82, 2.24) is 4.90 Å². The summed E-state index contributed by atoms with van der Waals surface area (Å²) < 4.78 is 5.39. The Bertz CT molecular complexity index is 697. The Morgan fingerprint density at radius 3 is 2.38 bits per heavy atom. The van der Waals surface area contributed by atoms with Crippen LogP contribution in [0.15, 0.2) is 29.3 Å². The van der Waals surface area contributed by atoms with Crippen molar-refractivity contribution in [2.75, 3.05) is 13.2 Å². The van der Waals surface area contributed by atoms with E-state index < -0.39 is 16.7 Å². The van der Waals surface area contributed by atoms with Gasteiger partial charge in [0.25, 0.3) is 17.5 Å². The van der Waals surface area contributed by atoms with Gasteiger partial charge in [-0.25, -0.2) is 0 Å². The molecule has 0 N–H and O–H groups in total. The van der Waals surface area contributed by atoms with Crippen molar-refractivity contribution in [3.8, 4) is 0 Å². The third-order valence-electron chi connectivity index (χ3n) is 3.46. The Morgan fingerprint density at radius 1 is 1.21 bits per heavy atom. The number of nitro groups is 1. The molecule has 128 valence electrons. The van der Waals surface area contributed by atoms with Crippen molar-refractivity contribution in [2.45, 2.75) is 26.4 Å². The van der Waals surface area contributed by atoms with E-state index in [-0.39, 0.29) is 28.9 Å². The minimum absolute atomic E-state index is 0.0707. The Hall–Kier alpha value is -2.25. The van der Waals surface area contributed by atoms with E-state index in [1.54, 1.807) is 0 Å². The lowest BCUT2D eigenvalue weighted by atomic mass is 10.1.